The number of fused-ring (bicyclic) bond motifs is 2. The van der Waals surface area contributed by atoms with E-state index in [4.69, 9.17) is 10.5 Å². The normalized spacial score (nSPS) is 16.7. The first-order valence-electron chi connectivity index (χ1n) is 14.1. The van der Waals surface area contributed by atoms with E-state index in [1.807, 2.05) is 0 Å². The topological polar surface area (TPSA) is 150 Å². The number of carbonyl (C=O) groups excluding carboxylic acids is 2. The highest BCUT2D eigenvalue weighted by Crippen LogP contribution is 2.46. The van der Waals surface area contributed by atoms with E-state index in [2.05, 4.69) is 24.9 Å². The maximum Gasteiger partial charge on any atom is 0.586 e. The van der Waals surface area contributed by atoms with Gasteiger partial charge in [0.2, 0.25) is 11.5 Å². The summed E-state index contributed by atoms with van der Waals surface area (Å²) in [7, 11) is 0. The van der Waals surface area contributed by atoms with Crippen LogP contribution < -0.4 is 25.3 Å². The Bertz CT molecular complexity index is 1860. The molecule has 2 aliphatic rings. The van der Waals surface area contributed by atoms with Gasteiger partial charge in [-0.15, -0.1) is 8.78 Å². The fourth-order valence-corrected chi connectivity index (χ4v) is 5.09. The molecule has 1 fully saturated rings. The van der Waals surface area contributed by atoms with Crippen LogP contribution in [0.3, 0.4) is 0 Å². The van der Waals surface area contributed by atoms with Gasteiger partial charge >= 0.3 is 12.5 Å². The van der Waals surface area contributed by atoms with Crippen molar-refractivity contribution in [3.63, 3.8) is 0 Å². The molecule has 0 bridgehead atoms. The molecule has 1 aliphatic heterocycles. The number of ether oxygens (including phenoxy) is 3. The summed E-state index contributed by atoms with van der Waals surface area (Å²) in [5, 5.41) is 17.8. The van der Waals surface area contributed by atoms with E-state index >= 15 is 0 Å². The maximum absolute atomic E-state index is 14.7. The second-order valence-corrected chi connectivity index (χ2v) is 10.9. The van der Waals surface area contributed by atoms with Gasteiger partial charge in [-0.05, 0) is 62.2 Å². The Morgan fingerprint density at radius 1 is 1.13 bits per heavy atom. The minimum Gasteiger partial charge on any atom is -0.491 e. The van der Waals surface area contributed by atoms with Crippen molar-refractivity contribution in [1.82, 2.24) is 19.9 Å². The van der Waals surface area contributed by atoms with E-state index in [-0.39, 0.29) is 40.5 Å². The average Bonchev–Trinajstić information content (AvgIpc) is 3.66. The van der Waals surface area contributed by atoms with Gasteiger partial charge in [-0.3, -0.25) is 9.59 Å². The van der Waals surface area contributed by atoms with Gasteiger partial charge in [-0.25, -0.2) is 9.50 Å². The average molecular weight is 648 g/mol. The van der Waals surface area contributed by atoms with Crippen LogP contribution in [-0.2, 0) is 16.8 Å². The highest BCUT2D eigenvalue weighted by molar-refractivity contribution is 5.95. The number of benzene rings is 1. The Balaban J connectivity index is 1.38. The van der Waals surface area contributed by atoms with Crippen molar-refractivity contribution in [3.05, 3.63) is 71.2 Å². The molecule has 6 rings (SSSR count). The Morgan fingerprint density at radius 2 is 1.87 bits per heavy atom. The summed E-state index contributed by atoms with van der Waals surface area (Å²) < 4.78 is 87.4. The van der Waals surface area contributed by atoms with Crippen LogP contribution in [0.15, 0.2) is 48.7 Å². The van der Waals surface area contributed by atoms with Crippen LogP contribution in [0.5, 0.6) is 17.2 Å². The zero-order valence-electron chi connectivity index (χ0n) is 24.0. The van der Waals surface area contributed by atoms with E-state index in [9.17, 15) is 36.6 Å². The number of amides is 2. The largest absolute Gasteiger partial charge is 0.586 e. The van der Waals surface area contributed by atoms with E-state index in [1.165, 1.54) is 24.4 Å². The number of primary amides is 1. The van der Waals surface area contributed by atoms with Gasteiger partial charge in [0.05, 0.1) is 36.5 Å². The molecule has 2 amide bonds. The molecular formula is C30H26F5N5O6. The van der Waals surface area contributed by atoms with Gasteiger partial charge in [0.1, 0.15) is 11.4 Å². The Hall–Kier alpha value is -4.99. The highest BCUT2D eigenvalue weighted by Gasteiger charge is 2.57. The number of hydrogen-bond donors (Lipinski definition) is 3. The molecule has 16 heteroatoms. The van der Waals surface area contributed by atoms with Crippen LogP contribution in [0, 0.1) is 0 Å². The third-order valence-electron chi connectivity index (χ3n) is 7.52. The second-order valence-electron chi connectivity index (χ2n) is 10.9. The van der Waals surface area contributed by atoms with Crippen LogP contribution in [0.2, 0.25) is 0 Å². The number of nitrogens with two attached hydrogens (primary N) is 1. The van der Waals surface area contributed by atoms with E-state index < -0.39 is 54.3 Å². The maximum atomic E-state index is 14.7. The van der Waals surface area contributed by atoms with Crippen molar-refractivity contribution in [3.8, 4) is 28.5 Å². The number of hydrogen-bond acceptors (Lipinski definition) is 8. The van der Waals surface area contributed by atoms with Gasteiger partial charge in [0, 0.05) is 28.8 Å². The number of carbonyl (C=O) groups is 2. The molecule has 4 heterocycles. The first-order chi connectivity index (χ1) is 21.7. The van der Waals surface area contributed by atoms with Crippen LogP contribution in [0.25, 0.3) is 16.8 Å². The van der Waals surface area contributed by atoms with Crippen molar-refractivity contribution in [2.24, 2.45) is 5.73 Å². The molecule has 0 unspecified atom stereocenters. The molecule has 46 heavy (non-hydrogen) atoms. The minimum atomic E-state index is -5.41. The van der Waals surface area contributed by atoms with Crippen molar-refractivity contribution in [2.45, 2.75) is 50.2 Å². The van der Waals surface area contributed by atoms with Gasteiger partial charge in [-0.2, -0.15) is 18.3 Å². The van der Waals surface area contributed by atoms with Crippen molar-refractivity contribution >= 4 is 17.3 Å². The fourth-order valence-electron chi connectivity index (χ4n) is 5.09. The van der Waals surface area contributed by atoms with E-state index in [0.717, 1.165) is 36.7 Å². The number of alkyl halides is 5. The number of pyridine rings is 2. The molecule has 242 valence electrons. The standard InChI is InChI=1S/C30H26F5N5O6/c1-2-44-26-18(12-24(36)41)11-23(38-25(26)16-5-6-21-22(10-16)46-30(34,35)45-21)28(43,29(31,32)33)14-37-27(42)17-7-8-40-19(9-17)13-20(39-40)15-3-4-15/h5-11,13,15,43H,2-4,12,14H2,1H3,(H2,36,41)(H,37,42)/t28-/m0/s1. The highest BCUT2D eigenvalue weighted by atomic mass is 19.4. The molecule has 11 nitrogen and oxygen atoms in total. The fraction of sp³-hybridized carbons (Fsp3) is 0.333. The number of nitrogens with one attached hydrogen (secondary N) is 1. The number of halogens is 5. The summed E-state index contributed by atoms with van der Waals surface area (Å²) in [4.78, 5) is 29.0. The summed E-state index contributed by atoms with van der Waals surface area (Å²) in [6.45, 7) is 0.143. The lowest BCUT2D eigenvalue weighted by Gasteiger charge is -2.31. The SMILES string of the molecule is CCOc1c(CC(N)=O)cc([C@@](O)(CNC(=O)c2ccn3nc(C4CC4)cc3c2)C(F)(F)F)nc1-c1ccc2c(c1)OC(F)(F)O2. The van der Waals surface area contributed by atoms with Crippen molar-refractivity contribution in [2.75, 3.05) is 13.2 Å². The third kappa shape index (κ3) is 5.87. The lowest BCUT2D eigenvalue weighted by Crippen LogP contribution is -2.51. The molecule has 1 saturated carbocycles. The zero-order chi connectivity index (χ0) is 33.0. The molecule has 4 aromatic rings. The molecule has 4 N–H and O–H groups in total. The molecule has 1 aliphatic carbocycles. The van der Waals surface area contributed by atoms with Gasteiger partial charge in [0.25, 0.3) is 5.91 Å². The van der Waals surface area contributed by atoms with E-state index in [0.29, 0.717) is 11.4 Å². The lowest BCUT2D eigenvalue weighted by atomic mass is 9.93. The van der Waals surface area contributed by atoms with E-state index in [1.54, 1.807) is 17.5 Å². The summed E-state index contributed by atoms with van der Waals surface area (Å²) in [5.74, 6) is -2.48. The van der Waals surface area contributed by atoms with Gasteiger partial charge < -0.3 is 30.4 Å². The summed E-state index contributed by atoms with van der Waals surface area (Å²) >= 11 is 0. The van der Waals surface area contributed by atoms with Gasteiger partial charge in [0.15, 0.2) is 11.5 Å². The molecule has 1 aromatic carbocycles. The Kier molecular flexibility index (Phi) is 7.49. The first kappa shape index (κ1) is 31.0. The number of aliphatic hydroxyl groups is 1. The Labute approximate surface area is 257 Å². The number of rotatable bonds is 10. The van der Waals surface area contributed by atoms with Crippen LogP contribution in [0.1, 0.15) is 53.0 Å². The predicted molar refractivity (Wildman–Crippen MR) is 149 cm³/mol. The Morgan fingerprint density at radius 3 is 2.54 bits per heavy atom. The monoisotopic (exact) mass is 647 g/mol. The van der Waals surface area contributed by atoms with Gasteiger partial charge in [-0.1, -0.05) is 0 Å². The third-order valence-corrected chi connectivity index (χ3v) is 7.52. The summed E-state index contributed by atoms with van der Waals surface area (Å²) in [5.41, 5.74) is 1.41. The minimum absolute atomic E-state index is 0.0196. The van der Waals surface area contributed by atoms with Crippen LogP contribution >= 0.6 is 0 Å². The first-order valence-corrected chi connectivity index (χ1v) is 14.1. The molecule has 0 spiro atoms. The summed E-state index contributed by atoms with van der Waals surface area (Å²) in [6.07, 6.45) is -6.51. The zero-order valence-corrected chi connectivity index (χ0v) is 24.0. The molecule has 0 saturated heterocycles. The van der Waals surface area contributed by atoms with Crippen molar-refractivity contribution in [1.29, 1.82) is 0 Å². The second kappa shape index (κ2) is 11.1. The number of aromatic nitrogens is 3. The van der Waals surface area contributed by atoms with Crippen molar-refractivity contribution < 1.29 is 50.9 Å². The quantitative estimate of drug-likeness (QED) is 0.217. The smallest absolute Gasteiger partial charge is 0.491 e. The predicted octanol–water partition coefficient (Wildman–Crippen LogP) is 4.20. The number of nitrogens with zero attached hydrogens (tertiary/aromatic N) is 3. The molecule has 0 radical (unpaired) electrons. The van der Waals surface area contributed by atoms with Crippen LogP contribution in [0.4, 0.5) is 22.0 Å². The molecule has 3 aromatic heterocycles. The summed E-state index contributed by atoms with van der Waals surface area (Å²) in [6, 6.07) is 8.77. The lowest BCUT2D eigenvalue weighted by molar-refractivity contribution is -0.286. The van der Waals surface area contributed by atoms with Crippen LogP contribution in [-0.4, -0.2) is 57.1 Å². The molecule has 1 atom stereocenters. The molecular weight excluding hydrogens is 621 g/mol.